The van der Waals surface area contributed by atoms with Crippen LogP contribution in [0, 0.1) is 0 Å². The zero-order valence-electron chi connectivity index (χ0n) is 13.4. The highest BCUT2D eigenvalue weighted by atomic mass is 16.6. The molecule has 1 amide bonds. The molecule has 4 heteroatoms. The van der Waals surface area contributed by atoms with Crippen LogP contribution in [0.5, 0.6) is 0 Å². The zero-order chi connectivity index (χ0) is 16.2. The Morgan fingerprint density at radius 1 is 1.27 bits per heavy atom. The van der Waals surface area contributed by atoms with Crippen molar-refractivity contribution in [3.05, 3.63) is 35.4 Å². The van der Waals surface area contributed by atoms with Gasteiger partial charge in [-0.3, -0.25) is 10.1 Å². The number of rotatable bonds is 6. The highest BCUT2D eigenvalue weighted by Crippen LogP contribution is 2.42. The molecule has 0 saturated heterocycles. The molecule has 1 aliphatic rings. The summed E-state index contributed by atoms with van der Waals surface area (Å²) in [5.74, 6) is 0. The van der Waals surface area contributed by atoms with E-state index in [1.807, 2.05) is 32.0 Å². The molecule has 0 fully saturated rings. The normalized spacial score (nSPS) is 16.5. The third-order valence-electron chi connectivity index (χ3n) is 4.34. The van der Waals surface area contributed by atoms with Gasteiger partial charge in [0.2, 0.25) is 0 Å². The predicted molar refractivity (Wildman–Crippen MR) is 87.8 cm³/mol. The molecular weight excluding hydrogens is 278 g/mol. The fraction of sp³-hybridized carbons (Fsp3) is 0.444. The van der Waals surface area contributed by atoms with E-state index >= 15 is 0 Å². The third kappa shape index (κ3) is 2.91. The molecule has 0 saturated carbocycles. The van der Waals surface area contributed by atoms with Gasteiger partial charge < -0.3 is 4.74 Å². The SMILES string of the molecule is CCC/C(=C/C=O)c1ccc2c(c1)C(CC)(CC)OC(=O)N2. The number of carbonyl (C=O) groups is 2. The molecule has 0 unspecified atom stereocenters. The average molecular weight is 301 g/mol. The first-order chi connectivity index (χ1) is 10.6. The van der Waals surface area contributed by atoms with Gasteiger partial charge in [-0.2, -0.15) is 0 Å². The summed E-state index contributed by atoms with van der Waals surface area (Å²) >= 11 is 0. The Morgan fingerprint density at radius 3 is 2.59 bits per heavy atom. The molecule has 1 aliphatic heterocycles. The number of allylic oxidation sites excluding steroid dienone is 2. The molecule has 1 aromatic carbocycles. The second-order valence-electron chi connectivity index (χ2n) is 5.55. The second kappa shape index (κ2) is 6.77. The van der Waals surface area contributed by atoms with Gasteiger partial charge in [0.25, 0.3) is 0 Å². The van der Waals surface area contributed by atoms with Gasteiger partial charge in [0.05, 0.1) is 5.69 Å². The Morgan fingerprint density at radius 2 is 2.00 bits per heavy atom. The van der Waals surface area contributed by atoms with Crippen molar-refractivity contribution < 1.29 is 14.3 Å². The number of benzene rings is 1. The lowest BCUT2D eigenvalue weighted by atomic mass is 9.84. The molecular formula is C18H23NO3. The summed E-state index contributed by atoms with van der Waals surface area (Å²) in [4.78, 5) is 22.7. The van der Waals surface area contributed by atoms with Crippen LogP contribution >= 0.6 is 0 Å². The van der Waals surface area contributed by atoms with Gasteiger partial charge in [-0.15, -0.1) is 0 Å². The highest BCUT2D eigenvalue weighted by molar-refractivity contribution is 5.90. The van der Waals surface area contributed by atoms with E-state index in [1.54, 1.807) is 6.08 Å². The second-order valence-corrected chi connectivity index (χ2v) is 5.55. The molecule has 22 heavy (non-hydrogen) atoms. The Hall–Kier alpha value is -2.10. The van der Waals surface area contributed by atoms with Crippen LogP contribution in [0.15, 0.2) is 24.3 Å². The van der Waals surface area contributed by atoms with Crippen molar-refractivity contribution in [3.8, 4) is 0 Å². The van der Waals surface area contributed by atoms with Crippen molar-refractivity contribution in [1.82, 2.24) is 0 Å². The van der Waals surface area contributed by atoms with E-state index in [-0.39, 0.29) is 0 Å². The van der Waals surface area contributed by atoms with E-state index in [1.165, 1.54) is 0 Å². The van der Waals surface area contributed by atoms with Crippen molar-refractivity contribution in [2.24, 2.45) is 0 Å². The third-order valence-corrected chi connectivity index (χ3v) is 4.34. The molecule has 0 atom stereocenters. The van der Waals surface area contributed by atoms with Crippen molar-refractivity contribution in [1.29, 1.82) is 0 Å². The van der Waals surface area contributed by atoms with Gasteiger partial charge in [0, 0.05) is 5.56 Å². The quantitative estimate of drug-likeness (QED) is 0.615. The van der Waals surface area contributed by atoms with Crippen LogP contribution in [0.25, 0.3) is 5.57 Å². The van der Waals surface area contributed by atoms with Crippen LogP contribution < -0.4 is 5.32 Å². The zero-order valence-corrected chi connectivity index (χ0v) is 13.4. The standard InChI is InChI=1S/C18H23NO3/c1-4-7-13(10-11-20)14-8-9-16-15(12-14)18(5-2,6-3)22-17(21)19-16/h8-12H,4-7H2,1-3H3,(H,19,21)/b13-10-. The minimum Gasteiger partial charge on any atom is -0.438 e. The molecule has 0 spiro atoms. The summed E-state index contributed by atoms with van der Waals surface area (Å²) in [6, 6.07) is 5.90. The number of nitrogens with one attached hydrogen (secondary N) is 1. The van der Waals surface area contributed by atoms with Crippen molar-refractivity contribution in [2.45, 2.75) is 52.1 Å². The summed E-state index contributed by atoms with van der Waals surface area (Å²) < 4.78 is 5.61. The summed E-state index contributed by atoms with van der Waals surface area (Å²) in [6.07, 6.45) is 5.29. The summed E-state index contributed by atoms with van der Waals surface area (Å²) in [6.45, 7) is 6.13. The monoisotopic (exact) mass is 301 g/mol. The van der Waals surface area contributed by atoms with Gasteiger partial charge in [-0.1, -0.05) is 33.3 Å². The van der Waals surface area contributed by atoms with Crippen molar-refractivity contribution >= 4 is 23.6 Å². The van der Waals surface area contributed by atoms with E-state index in [2.05, 4.69) is 12.2 Å². The van der Waals surface area contributed by atoms with Gasteiger partial charge in [-0.25, -0.2) is 4.79 Å². The van der Waals surface area contributed by atoms with Crippen LogP contribution in [0.4, 0.5) is 10.5 Å². The van der Waals surface area contributed by atoms with Crippen LogP contribution in [0.1, 0.15) is 57.6 Å². The molecule has 0 bridgehead atoms. The number of amides is 1. The van der Waals surface area contributed by atoms with Crippen LogP contribution in [-0.4, -0.2) is 12.4 Å². The molecule has 2 rings (SSSR count). The predicted octanol–water partition coefficient (Wildman–Crippen LogP) is 4.65. The first-order valence-corrected chi connectivity index (χ1v) is 7.89. The van der Waals surface area contributed by atoms with E-state index in [0.29, 0.717) is 12.8 Å². The van der Waals surface area contributed by atoms with Gasteiger partial charge in [-0.05, 0) is 48.6 Å². The molecule has 1 aromatic rings. The number of ether oxygens (including phenoxy) is 1. The minimum absolute atomic E-state index is 0.402. The summed E-state index contributed by atoms with van der Waals surface area (Å²) in [5.41, 5.74) is 3.22. The van der Waals surface area contributed by atoms with E-state index in [4.69, 9.17) is 4.74 Å². The van der Waals surface area contributed by atoms with Crippen LogP contribution in [0.2, 0.25) is 0 Å². The Labute approximate surface area is 131 Å². The Bertz CT molecular complexity index is 600. The highest BCUT2D eigenvalue weighted by Gasteiger charge is 2.39. The van der Waals surface area contributed by atoms with Gasteiger partial charge >= 0.3 is 6.09 Å². The fourth-order valence-electron chi connectivity index (χ4n) is 3.05. The number of fused-ring (bicyclic) bond motifs is 1. The lowest BCUT2D eigenvalue weighted by Crippen LogP contribution is -2.38. The molecule has 0 radical (unpaired) electrons. The molecule has 1 N–H and O–H groups in total. The fourth-order valence-corrected chi connectivity index (χ4v) is 3.05. The number of carbonyl (C=O) groups excluding carboxylic acids is 2. The number of anilines is 1. The maximum Gasteiger partial charge on any atom is 0.412 e. The molecule has 118 valence electrons. The first-order valence-electron chi connectivity index (χ1n) is 7.89. The molecule has 0 aromatic heterocycles. The first kappa shape index (κ1) is 16.3. The van der Waals surface area contributed by atoms with E-state index < -0.39 is 11.7 Å². The lowest BCUT2D eigenvalue weighted by Gasteiger charge is -2.37. The van der Waals surface area contributed by atoms with Crippen LogP contribution in [-0.2, 0) is 15.1 Å². The maximum atomic E-state index is 11.8. The lowest BCUT2D eigenvalue weighted by molar-refractivity contribution is -0.104. The largest absolute Gasteiger partial charge is 0.438 e. The van der Waals surface area contributed by atoms with Crippen molar-refractivity contribution in [3.63, 3.8) is 0 Å². The minimum atomic E-state index is -0.591. The van der Waals surface area contributed by atoms with Gasteiger partial charge in [0.1, 0.15) is 11.9 Å². The smallest absolute Gasteiger partial charge is 0.412 e. The van der Waals surface area contributed by atoms with Gasteiger partial charge in [0.15, 0.2) is 0 Å². The molecule has 4 nitrogen and oxygen atoms in total. The molecule has 1 heterocycles. The Balaban J connectivity index is 2.55. The number of hydrogen-bond donors (Lipinski definition) is 1. The van der Waals surface area contributed by atoms with E-state index in [9.17, 15) is 9.59 Å². The number of cyclic esters (lactones) is 1. The number of hydrogen-bond acceptors (Lipinski definition) is 3. The van der Waals surface area contributed by atoms with Crippen molar-refractivity contribution in [2.75, 3.05) is 5.32 Å². The summed E-state index contributed by atoms with van der Waals surface area (Å²) in [7, 11) is 0. The maximum absolute atomic E-state index is 11.8. The molecule has 0 aliphatic carbocycles. The topological polar surface area (TPSA) is 55.4 Å². The summed E-state index contributed by atoms with van der Waals surface area (Å²) in [5, 5.41) is 2.76. The van der Waals surface area contributed by atoms with E-state index in [0.717, 1.165) is 41.5 Å². The Kier molecular flexibility index (Phi) is 5.01. The van der Waals surface area contributed by atoms with Crippen LogP contribution in [0.3, 0.4) is 0 Å². The number of aldehydes is 1. The average Bonchev–Trinajstić information content (AvgIpc) is 2.53.